The van der Waals surface area contributed by atoms with Gasteiger partial charge in [-0.05, 0) is 61.6 Å². The fraction of sp³-hybridized carbons (Fsp3) is 0.406. The molecule has 0 aliphatic carbocycles. The first-order valence-electron chi connectivity index (χ1n) is 15.5. The first-order valence-corrected chi connectivity index (χ1v) is 15.5. The zero-order chi connectivity index (χ0) is 34.3. The van der Waals surface area contributed by atoms with Crippen LogP contribution in [-0.4, -0.2) is 82.1 Å². The number of rotatable bonds is 19. The van der Waals surface area contributed by atoms with E-state index in [1.807, 2.05) is 24.3 Å². The number of para-hydroxylation sites is 1. The molecule has 47 heavy (non-hydrogen) atoms. The number of aromatic hydroxyl groups is 1. The van der Waals surface area contributed by atoms with Crippen molar-refractivity contribution in [2.24, 2.45) is 27.9 Å². The lowest BCUT2D eigenvalue weighted by Crippen LogP contribution is -2.57. The van der Waals surface area contributed by atoms with Crippen LogP contribution in [0.2, 0.25) is 0 Å². The van der Waals surface area contributed by atoms with Crippen LogP contribution in [0.15, 0.2) is 59.7 Å². The molecule has 0 saturated carbocycles. The van der Waals surface area contributed by atoms with E-state index in [-0.39, 0.29) is 37.5 Å². The number of carboxylic acid groups (broad SMARTS) is 1. The highest BCUT2D eigenvalue weighted by Crippen LogP contribution is 2.19. The van der Waals surface area contributed by atoms with Gasteiger partial charge in [0.1, 0.15) is 23.9 Å². The number of fused-ring (bicyclic) bond motifs is 1. The molecule has 3 rings (SSSR count). The summed E-state index contributed by atoms with van der Waals surface area (Å²) in [5.41, 5.74) is 24.5. The molecule has 15 heteroatoms. The Labute approximate surface area is 272 Å². The van der Waals surface area contributed by atoms with Gasteiger partial charge in [-0.1, -0.05) is 36.8 Å². The minimum atomic E-state index is -1.32. The second-order valence-electron chi connectivity index (χ2n) is 11.3. The third kappa shape index (κ3) is 11.6. The first kappa shape index (κ1) is 36.3. The lowest BCUT2D eigenvalue weighted by molar-refractivity contribution is -0.142. The summed E-state index contributed by atoms with van der Waals surface area (Å²) in [7, 11) is 0. The molecule has 4 atom stereocenters. The second kappa shape index (κ2) is 18.1. The number of hydrogen-bond acceptors (Lipinski definition) is 8. The summed E-state index contributed by atoms with van der Waals surface area (Å²) in [4.78, 5) is 59.6. The zero-order valence-corrected chi connectivity index (χ0v) is 26.2. The molecule has 254 valence electrons. The number of aromatic nitrogens is 1. The molecule has 0 spiro atoms. The molecule has 4 unspecified atom stereocenters. The third-order valence-corrected chi connectivity index (χ3v) is 7.61. The quantitative estimate of drug-likeness (QED) is 0.0459. The summed E-state index contributed by atoms with van der Waals surface area (Å²) in [6.45, 7) is 0.648. The highest BCUT2D eigenvalue weighted by atomic mass is 16.4. The summed E-state index contributed by atoms with van der Waals surface area (Å²) in [5, 5.41) is 28.5. The van der Waals surface area contributed by atoms with Gasteiger partial charge in [0.25, 0.3) is 0 Å². The maximum absolute atomic E-state index is 13.7. The van der Waals surface area contributed by atoms with E-state index in [9.17, 15) is 29.4 Å². The number of aliphatic imine (C=N–C) groups is 1. The maximum Gasteiger partial charge on any atom is 0.326 e. The van der Waals surface area contributed by atoms with Gasteiger partial charge >= 0.3 is 5.97 Å². The molecule has 0 fully saturated rings. The van der Waals surface area contributed by atoms with Gasteiger partial charge < -0.3 is 54.1 Å². The Morgan fingerprint density at radius 3 is 2.15 bits per heavy atom. The van der Waals surface area contributed by atoms with Crippen LogP contribution in [0.4, 0.5) is 0 Å². The molecule has 0 radical (unpaired) electrons. The smallest absolute Gasteiger partial charge is 0.326 e. The van der Waals surface area contributed by atoms with Crippen molar-refractivity contribution in [3.8, 4) is 5.75 Å². The molecule has 1 aromatic heterocycles. The van der Waals surface area contributed by atoms with E-state index in [1.165, 1.54) is 12.1 Å². The molecule has 0 aliphatic heterocycles. The van der Waals surface area contributed by atoms with Crippen LogP contribution in [-0.2, 0) is 32.0 Å². The van der Waals surface area contributed by atoms with Gasteiger partial charge in [-0.25, -0.2) is 4.79 Å². The van der Waals surface area contributed by atoms with E-state index in [1.54, 1.807) is 18.3 Å². The average molecular weight is 652 g/mol. The van der Waals surface area contributed by atoms with E-state index >= 15 is 0 Å². The van der Waals surface area contributed by atoms with E-state index in [2.05, 4.69) is 25.9 Å². The Morgan fingerprint density at radius 2 is 1.47 bits per heavy atom. The Balaban J connectivity index is 1.82. The van der Waals surface area contributed by atoms with E-state index in [0.717, 1.165) is 10.9 Å². The molecule has 14 N–H and O–H groups in total. The van der Waals surface area contributed by atoms with Gasteiger partial charge in [-0.3, -0.25) is 19.4 Å². The molecule has 0 saturated heterocycles. The number of carbonyl (C=O) groups is 4. The molecule has 2 aromatic carbocycles. The fourth-order valence-corrected chi connectivity index (χ4v) is 5.03. The lowest BCUT2D eigenvalue weighted by atomic mass is 10.0. The van der Waals surface area contributed by atoms with Crippen molar-refractivity contribution in [3.05, 3.63) is 65.9 Å². The monoisotopic (exact) mass is 651 g/mol. The largest absolute Gasteiger partial charge is 0.508 e. The third-order valence-electron chi connectivity index (χ3n) is 7.61. The molecule has 3 aromatic rings. The Kier molecular flexibility index (Phi) is 14.0. The topological polar surface area (TPSA) is 277 Å². The van der Waals surface area contributed by atoms with Crippen molar-refractivity contribution in [2.75, 3.05) is 13.1 Å². The molecule has 0 bridgehead atoms. The summed E-state index contributed by atoms with van der Waals surface area (Å²) in [6, 6.07) is 8.86. The van der Waals surface area contributed by atoms with E-state index in [4.69, 9.17) is 22.9 Å². The molecular formula is C32H45N9O6. The number of carboxylic acids is 1. The minimum absolute atomic E-state index is 0.00908. The highest BCUT2D eigenvalue weighted by Gasteiger charge is 2.31. The maximum atomic E-state index is 13.7. The lowest BCUT2D eigenvalue weighted by Gasteiger charge is -2.25. The number of H-pyrrole nitrogens is 1. The number of guanidine groups is 1. The van der Waals surface area contributed by atoms with Crippen LogP contribution in [0, 0.1) is 0 Å². The van der Waals surface area contributed by atoms with Crippen molar-refractivity contribution in [1.82, 2.24) is 20.9 Å². The Morgan fingerprint density at radius 1 is 0.809 bits per heavy atom. The molecule has 3 amide bonds. The number of aromatic amines is 1. The van der Waals surface area contributed by atoms with Crippen LogP contribution in [0.1, 0.15) is 43.2 Å². The molecule has 0 aliphatic rings. The van der Waals surface area contributed by atoms with Gasteiger partial charge in [0.05, 0.1) is 6.04 Å². The van der Waals surface area contributed by atoms with Crippen molar-refractivity contribution >= 4 is 40.6 Å². The number of phenolic OH excluding ortho intramolecular Hbond substituents is 1. The van der Waals surface area contributed by atoms with Gasteiger partial charge in [0.15, 0.2) is 5.96 Å². The van der Waals surface area contributed by atoms with Gasteiger partial charge in [0.2, 0.25) is 17.7 Å². The fourth-order valence-electron chi connectivity index (χ4n) is 5.03. The number of nitrogens with two attached hydrogens (primary N) is 4. The van der Waals surface area contributed by atoms with Crippen molar-refractivity contribution in [1.29, 1.82) is 0 Å². The molecule has 1 heterocycles. The number of nitrogens with zero attached hydrogens (tertiary/aromatic N) is 1. The summed E-state index contributed by atoms with van der Waals surface area (Å²) in [6.07, 6.45) is 3.76. The standard InChI is InChI=1S/C32H45N9O6/c33-14-4-3-7-23(34)28(43)39-25(9-5-15-37-32(35)36)29(44)40-26(16-19-10-12-21(42)13-11-19)30(45)41-27(31(46)47)17-20-18-38-24-8-2-1-6-22(20)24/h1-2,6,8,10-13,18,23,25-27,38,42H,3-5,7,9,14-17,33-34H2,(H,39,43)(H,40,44)(H,41,45)(H,46,47)(H4,35,36,37). The second-order valence-corrected chi connectivity index (χ2v) is 11.3. The Bertz CT molecular complexity index is 1520. The summed E-state index contributed by atoms with van der Waals surface area (Å²) in [5.74, 6) is -3.35. The van der Waals surface area contributed by atoms with Gasteiger partial charge in [0, 0.05) is 36.5 Å². The first-order chi connectivity index (χ1) is 22.5. The van der Waals surface area contributed by atoms with Gasteiger partial charge in [-0.2, -0.15) is 0 Å². The number of phenols is 1. The number of nitrogens with one attached hydrogen (secondary N) is 4. The number of carbonyl (C=O) groups excluding carboxylic acids is 3. The zero-order valence-electron chi connectivity index (χ0n) is 26.2. The molecular weight excluding hydrogens is 606 g/mol. The number of amides is 3. The van der Waals surface area contributed by atoms with Crippen LogP contribution in [0.5, 0.6) is 5.75 Å². The average Bonchev–Trinajstić information content (AvgIpc) is 3.45. The van der Waals surface area contributed by atoms with Crippen molar-refractivity contribution in [3.63, 3.8) is 0 Å². The van der Waals surface area contributed by atoms with Crippen LogP contribution in [0.3, 0.4) is 0 Å². The predicted octanol–water partition coefficient (Wildman–Crippen LogP) is -0.292. The van der Waals surface area contributed by atoms with Crippen LogP contribution >= 0.6 is 0 Å². The van der Waals surface area contributed by atoms with E-state index < -0.39 is 47.9 Å². The van der Waals surface area contributed by atoms with Gasteiger partial charge in [-0.15, -0.1) is 0 Å². The summed E-state index contributed by atoms with van der Waals surface area (Å²) >= 11 is 0. The molecule has 15 nitrogen and oxygen atoms in total. The van der Waals surface area contributed by atoms with E-state index in [0.29, 0.717) is 43.4 Å². The van der Waals surface area contributed by atoms with Crippen LogP contribution in [0.25, 0.3) is 10.9 Å². The normalized spacial score (nSPS) is 13.6. The number of unbranched alkanes of at least 4 members (excludes halogenated alkanes) is 1. The predicted molar refractivity (Wildman–Crippen MR) is 178 cm³/mol. The summed E-state index contributed by atoms with van der Waals surface area (Å²) < 4.78 is 0. The SMILES string of the molecule is NCCCCC(N)C(=O)NC(CCCN=C(N)N)C(=O)NC(Cc1ccc(O)cc1)C(=O)NC(Cc1c[nH]c2ccccc12)C(=O)O. The van der Waals surface area contributed by atoms with Crippen molar-refractivity contribution < 1.29 is 29.4 Å². The number of hydrogen-bond donors (Lipinski definition) is 10. The minimum Gasteiger partial charge on any atom is -0.508 e. The van der Waals surface area contributed by atoms with Crippen molar-refractivity contribution in [2.45, 2.75) is 69.1 Å². The Hall–Kier alpha value is -5.15. The van der Waals surface area contributed by atoms with Crippen LogP contribution < -0.4 is 38.9 Å². The number of benzene rings is 2. The number of aliphatic carboxylic acids is 1. The highest BCUT2D eigenvalue weighted by molar-refractivity contribution is 5.94.